The summed E-state index contributed by atoms with van der Waals surface area (Å²) < 4.78 is 24.5. The van der Waals surface area contributed by atoms with E-state index in [-0.39, 0.29) is 12.2 Å². The number of carbonyl (C=O) groups is 2. The number of carbonyl (C=O) groups excluding carboxylic acids is 2. The smallest absolute Gasteiger partial charge is 0.279 e. The van der Waals surface area contributed by atoms with Gasteiger partial charge in [0.25, 0.3) is 5.91 Å². The van der Waals surface area contributed by atoms with Crippen LogP contribution in [0.2, 0.25) is 0 Å². The number of aromatic nitrogens is 1. The second kappa shape index (κ2) is 10.5. The molecule has 0 saturated heterocycles. The summed E-state index contributed by atoms with van der Waals surface area (Å²) in [5, 5.41) is 2.50. The predicted molar refractivity (Wildman–Crippen MR) is 114 cm³/mol. The molecule has 7 nitrogen and oxygen atoms in total. The number of aryl methyl sites for hydroxylation is 1. The van der Waals surface area contributed by atoms with Gasteiger partial charge in [0.2, 0.25) is 5.91 Å². The van der Waals surface area contributed by atoms with E-state index in [0.29, 0.717) is 12.3 Å². The van der Waals surface area contributed by atoms with Gasteiger partial charge in [-0.15, -0.1) is 11.3 Å². The Balaban J connectivity index is 1.41. The molecule has 3 aromatic rings. The van der Waals surface area contributed by atoms with Crippen molar-refractivity contribution in [3.63, 3.8) is 0 Å². The predicted octanol–water partition coefficient (Wildman–Crippen LogP) is 3.33. The topological polar surface area (TPSA) is 89.5 Å². The fourth-order valence-corrected chi connectivity index (χ4v) is 3.21. The summed E-state index contributed by atoms with van der Waals surface area (Å²) in [6, 6.07) is 13.5. The summed E-state index contributed by atoms with van der Waals surface area (Å²) in [6.07, 6.45) is -1.01. The Morgan fingerprint density at radius 2 is 1.87 bits per heavy atom. The first-order valence-corrected chi connectivity index (χ1v) is 10.4. The molecule has 2 N–H and O–H groups in total. The van der Waals surface area contributed by atoms with Gasteiger partial charge in [-0.25, -0.2) is 9.37 Å². The Hall–Kier alpha value is -3.46. The number of ether oxygens (including phenoxy) is 2. The zero-order valence-corrected chi connectivity index (χ0v) is 17.9. The van der Waals surface area contributed by atoms with E-state index in [1.807, 2.05) is 31.2 Å². The molecule has 0 aliphatic rings. The van der Waals surface area contributed by atoms with E-state index in [1.165, 1.54) is 36.5 Å². The third kappa shape index (κ3) is 6.78. The van der Waals surface area contributed by atoms with Gasteiger partial charge in [-0.05, 0) is 38.1 Å². The van der Waals surface area contributed by atoms with E-state index in [0.717, 1.165) is 16.3 Å². The average molecular weight is 444 g/mol. The quantitative estimate of drug-likeness (QED) is 0.522. The Morgan fingerprint density at radius 3 is 2.61 bits per heavy atom. The van der Waals surface area contributed by atoms with Gasteiger partial charge in [0, 0.05) is 5.38 Å². The van der Waals surface area contributed by atoms with E-state index in [2.05, 4.69) is 15.8 Å². The molecule has 1 atom stereocenters. The van der Waals surface area contributed by atoms with E-state index in [9.17, 15) is 14.0 Å². The van der Waals surface area contributed by atoms with Crippen LogP contribution in [-0.4, -0.2) is 22.9 Å². The van der Waals surface area contributed by atoms with E-state index in [1.54, 1.807) is 11.4 Å². The number of amides is 2. The van der Waals surface area contributed by atoms with Crippen LogP contribution in [0, 0.1) is 12.7 Å². The molecule has 31 heavy (non-hydrogen) atoms. The Bertz CT molecular complexity index is 1040. The molecule has 2 amide bonds. The molecule has 0 aliphatic carbocycles. The number of nitrogens with one attached hydrogen (secondary N) is 2. The molecule has 0 aliphatic heterocycles. The minimum absolute atomic E-state index is 0.0101. The molecule has 0 radical (unpaired) electrons. The van der Waals surface area contributed by atoms with Gasteiger partial charge >= 0.3 is 0 Å². The van der Waals surface area contributed by atoms with Crippen molar-refractivity contribution < 1.29 is 23.5 Å². The molecule has 1 unspecified atom stereocenters. The summed E-state index contributed by atoms with van der Waals surface area (Å²) in [5.74, 6) is -0.921. The fraction of sp³-hybridized carbons (Fsp3) is 0.227. The number of thiazole rings is 1. The standard InChI is InChI=1S/C22H22FN3O4S/c1-14-7-9-17(10-8-14)29-12-21-24-16(13-31-21)11-20(27)25-26-22(28)15(2)30-19-6-4-3-5-18(19)23/h3-10,13,15H,11-12H2,1-2H3,(H,25,27)(H,26,28). The number of para-hydroxylation sites is 1. The van der Waals surface area contributed by atoms with E-state index in [4.69, 9.17) is 9.47 Å². The van der Waals surface area contributed by atoms with Crippen LogP contribution < -0.4 is 20.3 Å². The third-order valence-electron chi connectivity index (χ3n) is 4.16. The monoisotopic (exact) mass is 443 g/mol. The van der Waals surface area contributed by atoms with Crippen molar-refractivity contribution in [1.29, 1.82) is 0 Å². The van der Waals surface area contributed by atoms with Crippen molar-refractivity contribution in [2.45, 2.75) is 33.0 Å². The minimum Gasteiger partial charge on any atom is -0.486 e. The Kier molecular flexibility index (Phi) is 7.55. The van der Waals surface area contributed by atoms with Crippen molar-refractivity contribution >= 4 is 23.2 Å². The molecular formula is C22H22FN3O4S. The highest BCUT2D eigenvalue weighted by Gasteiger charge is 2.17. The number of halogens is 1. The normalized spacial score (nSPS) is 11.5. The van der Waals surface area contributed by atoms with Crippen LogP contribution in [-0.2, 0) is 22.6 Å². The number of rotatable bonds is 8. The number of hydrogen-bond acceptors (Lipinski definition) is 6. The highest BCUT2D eigenvalue weighted by molar-refractivity contribution is 7.09. The molecule has 1 heterocycles. The van der Waals surface area contributed by atoms with Gasteiger partial charge in [-0.2, -0.15) is 0 Å². The van der Waals surface area contributed by atoms with Crippen LogP contribution >= 0.6 is 11.3 Å². The number of hydrazine groups is 1. The first kappa shape index (κ1) is 22.2. The second-order valence-corrected chi connectivity index (χ2v) is 7.68. The molecule has 0 spiro atoms. The first-order valence-electron chi connectivity index (χ1n) is 9.53. The van der Waals surface area contributed by atoms with Crippen LogP contribution in [0.4, 0.5) is 4.39 Å². The molecular weight excluding hydrogens is 421 g/mol. The van der Waals surface area contributed by atoms with Crippen molar-refractivity contribution in [2.24, 2.45) is 0 Å². The van der Waals surface area contributed by atoms with Crippen molar-refractivity contribution in [2.75, 3.05) is 0 Å². The van der Waals surface area contributed by atoms with Crippen molar-refractivity contribution in [3.05, 3.63) is 76.0 Å². The summed E-state index contributed by atoms with van der Waals surface area (Å²) in [6.45, 7) is 3.76. The lowest BCUT2D eigenvalue weighted by Gasteiger charge is -2.15. The van der Waals surface area contributed by atoms with Crippen molar-refractivity contribution in [3.8, 4) is 11.5 Å². The summed E-state index contributed by atoms with van der Waals surface area (Å²) in [7, 11) is 0. The Morgan fingerprint density at radius 1 is 1.13 bits per heavy atom. The van der Waals surface area contributed by atoms with E-state index < -0.39 is 23.7 Å². The van der Waals surface area contributed by atoms with Crippen LogP contribution in [0.15, 0.2) is 53.9 Å². The zero-order valence-electron chi connectivity index (χ0n) is 17.1. The van der Waals surface area contributed by atoms with Gasteiger partial charge in [0.15, 0.2) is 17.7 Å². The zero-order chi connectivity index (χ0) is 22.2. The van der Waals surface area contributed by atoms with Gasteiger partial charge in [0.05, 0.1) is 12.1 Å². The molecule has 0 saturated carbocycles. The van der Waals surface area contributed by atoms with Crippen LogP contribution in [0.5, 0.6) is 11.5 Å². The molecule has 1 aromatic heterocycles. The molecule has 9 heteroatoms. The summed E-state index contributed by atoms with van der Waals surface area (Å²) >= 11 is 1.39. The number of hydrogen-bond donors (Lipinski definition) is 2. The fourth-order valence-electron chi connectivity index (χ4n) is 2.50. The van der Waals surface area contributed by atoms with Crippen molar-refractivity contribution in [1.82, 2.24) is 15.8 Å². The minimum atomic E-state index is -0.998. The first-order chi connectivity index (χ1) is 14.9. The lowest BCUT2D eigenvalue weighted by molar-refractivity contribution is -0.132. The maximum absolute atomic E-state index is 13.6. The second-order valence-electron chi connectivity index (χ2n) is 6.74. The molecule has 0 fully saturated rings. The van der Waals surface area contributed by atoms with Crippen LogP contribution in [0.25, 0.3) is 0 Å². The Labute approximate surface area is 183 Å². The lowest BCUT2D eigenvalue weighted by atomic mass is 10.2. The summed E-state index contributed by atoms with van der Waals surface area (Å²) in [5.41, 5.74) is 6.28. The van der Waals surface area contributed by atoms with Gasteiger partial charge in [0.1, 0.15) is 17.4 Å². The number of nitrogens with zero attached hydrogens (tertiary/aromatic N) is 1. The lowest BCUT2D eigenvalue weighted by Crippen LogP contribution is -2.47. The molecule has 3 rings (SSSR count). The largest absolute Gasteiger partial charge is 0.486 e. The maximum Gasteiger partial charge on any atom is 0.279 e. The average Bonchev–Trinajstić information content (AvgIpc) is 3.20. The van der Waals surface area contributed by atoms with Crippen LogP contribution in [0.3, 0.4) is 0 Å². The van der Waals surface area contributed by atoms with Gasteiger partial charge in [-0.1, -0.05) is 29.8 Å². The maximum atomic E-state index is 13.6. The van der Waals surface area contributed by atoms with Gasteiger partial charge < -0.3 is 9.47 Å². The van der Waals surface area contributed by atoms with E-state index >= 15 is 0 Å². The number of benzene rings is 2. The molecule has 0 bridgehead atoms. The SMILES string of the molecule is Cc1ccc(OCc2nc(CC(=O)NNC(=O)C(C)Oc3ccccc3F)cs2)cc1. The highest BCUT2D eigenvalue weighted by Crippen LogP contribution is 2.17. The van der Waals surface area contributed by atoms with Crippen LogP contribution in [0.1, 0.15) is 23.2 Å². The molecule has 162 valence electrons. The highest BCUT2D eigenvalue weighted by atomic mass is 32.1. The van der Waals surface area contributed by atoms with Gasteiger partial charge in [-0.3, -0.25) is 20.4 Å². The summed E-state index contributed by atoms with van der Waals surface area (Å²) in [4.78, 5) is 28.5. The molecule has 2 aromatic carbocycles. The third-order valence-corrected chi connectivity index (χ3v) is 5.03.